The van der Waals surface area contributed by atoms with Gasteiger partial charge in [-0.25, -0.2) is 9.67 Å². The zero-order valence-electron chi connectivity index (χ0n) is 12.1. The summed E-state index contributed by atoms with van der Waals surface area (Å²) in [6.07, 6.45) is 0.784. The molecule has 1 unspecified atom stereocenters. The number of nitrogens with zero attached hydrogens (tertiary/aromatic N) is 3. The van der Waals surface area contributed by atoms with Crippen LogP contribution < -0.4 is 5.56 Å². The summed E-state index contributed by atoms with van der Waals surface area (Å²) in [6, 6.07) is 9.36. The lowest BCUT2D eigenvalue weighted by Crippen LogP contribution is -2.13. The van der Waals surface area contributed by atoms with E-state index in [1.807, 2.05) is 37.3 Å². The SMILES string of the molecule is CCSc1nc2c(cnn2CC(O)c2ccccc2)c(=O)[nH]1. The van der Waals surface area contributed by atoms with Crippen molar-refractivity contribution in [3.63, 3.8) is 0 Å². The van der Waals surface area contributed by atoms with E-state index in [9.17, 15) is 9.90 Å². The predicted octanol–water partition coefficient (Wildman–Crippen LogP) is 1.97. The Morgan fingerprint density at radius 2 is 2.14 bits per heavy atom. The standard InChI is InChI=1S/C15H16N4O2S/c1-2-22-15-17-13-11(14(21)18-15)8-16-19(13)9-12(20)10-6-4-3-5-7-10/h3-8,12,20H,2,9H2,1H3,(H,17,18,21). The number of hydrogen-bond acceptors (Lipinski definition) is 5. The summed E-state index contributed by atoms with van der Waals surface area (Å²) in [6.45, 7) is 2.24. The minimum Gasteiger partial charge on any atom is -0.386 e. The van der Waals surface area contributed by atoms with Crippen LogP contribution in [-0.2, 0) is 6.54 Å². The maximum Gasteiger partial charge on any atom is 0.262 e. The predicted molar refractivity (Wildman–Crippen MR) is 85.9 cm³/mol. The highest BCUT2D eigenvalue weighted by molar-refractivity contribution is 7.99. The van der Waals surface area contributed by atoms with Crippen molar-refractivity contribution in [3.05, 3.63) is 52.4 Å². The summed E-state index contributed by atoms with van der Waals surface area (Å²) in [4.78, 5) is 19.2. The van der Waals surface area contributed by atoms with Crippen LogP contribution in [0.25, 0.3) is 11.0 Å². The lowest BCUT2D eigenvalue weighted by atomic mass is 10.1. The fraction of sp³-hybridized carbons (Fsp3) is 0.267. The molecule has 0 spiro atoms. The second-order valence-electron chi connectivity index (χ2n) is 4.79. The topological polar surface area (TPSA) is 83.8 Å². The van der Waals surface area contributed by atoms with E-state index in [1.165, 1.54) is 18.0 Å². The van der Waals surface area contributed by atoms with Gasteiger partial charge in [-0.05, 0) is 11.3 Å². The Morgan fingerprint density at radius 1 is 1.36 bits per heavy atom. The molecular formula is C15H16N4O2S. The van der Waals surface area contributed by atoms with E-state index in [0.717, 1.165) is 11.3 Å². The minimum atomic E-state index is -0.701. The molecule has 7 heteroatoms. The zero-order valence-corrected chi connectivity index (χ0v) is 12.9. The molecule has 3 aromatic rings. The van der Waals surface area contributed by atoms with Crippen molar-refractivity contribution in [1.82, 2.24) is 19.7 Å². The van der Waals surface area contributed by atoms with E-state index >= 15 is 0 Å². The van der Waals surface area contributed by atoms with Gasteiger partial charge in [0.2, 0.25) is 0 Å². The first-order chi connectivity index (χ1) is 10.7. The summed E-state index contributed by atoms with van der Waals surface area (Å²) < 4.78 is 1.57. The van der Waals surface area contributed by atoms with Gasteiger partial charge in [0.15, 0.2) is 10.8 Å². The van der Waals surface area contributed by atoms with Gasteiger partial charge in [0.05, 0.1) is 18.8 Å². The molecule has 0 aliphatic carbocycles. The van der Waals surface area contributed by atoms with E-state index in [1.54, 1.807) is 4.68 Å². The smallest absolute Gasteiger partial charge is 0.262 e. The molecule has 1 aromatic carbocycles. The number of aliphatic hydroxyl groups excluding tert-OH is 1. The molecule has 1 atom stereocenters. The van der Waals surface area contributed by atoms with Gasteiger partial charge in [-0.15, -0.1) is 0 Å². The van der Waals surface area contributed by atoms with Gasteiger partial charge in [-0.1, -0.05) is 49.0 Å². The second-order valence-corrected chi connectivity index (χ2v) is 6.05. The highest BCUT2D eigenvalue weighted by Crippen LogP contribution is 2.18. The lowest BCUT2D eigenvalue weighted by molar-refractivity contribution is 0.153. The third kappa shape index (κ3) is 2.90. The first kappa shape index (κ1) is 14.8. The van der Waals surface area contributed by atoms with Crippen LogP contribution in [0.1, 0.15) is 18.6 Å². The molecule has 0 saturated heterocycles. The molecule has 6 nitrogen and oxygen atoms in total. The lowest BCUT2D eigenvalue weighted by Gasteiger charge is -2.11. The summed E-state index contributed by atoms with van der Waals surface area (Å²) in [7, 11) is 0. The Labute approximate surface area is 131 Å². The van der Waals surface area contributed by atoms with Gasteiger partial charge in [-0.3, -0.25) is 4.79 Å². The number of fused-ring (bicyclic) bond motifs is 1. The van der Waals surface area contributed by atoms with Crippen molar-refractivity contribution >= 4 is 22.8 Å². The molecule has 2 N–H and O–H groups in total. The second kappa shape index (κ2) is 6.33. The van der Waals surface area contributed by atoms with Crippen molar-refractivity contribution in [2.45, 2.75) is 24.7 Å². The number of aromatic amines is 1. The maximum absolute atomic E-state index is 12.0. The monoisotopic (exact) mass is 316 g/mol. The summed E-state index contributed by atoms with van der Waals surface area (Å²) >= 11 is 1.46. The molecule has 0 saturated carbocycles. The molecule has 2 aromatic heterocycles. The Hall–Kier alpha value is -2.12. The molecule has 22 heavy (non-hydrogen) atoms. The van der Waals surface area contributed by atoms with Gasteiger partial charge in [0.25, 0.3) is 5.56 Å². The Kier molecular flexibility index (Phi) is 4.26. The first-order valence-electron chi connectivity index (χ1n) is 7.00. The fourth-order valence-electron chi connectivity index (χ4n) is 2.23. The average Bonchev–Trinajstić information content (AvgIpc) is 2.92. The van der Waals surface area contributed by atoms with Crippen molar-refractivity contribution in [2.24, 2.45) is 0 Å². The molecular weight excluding hydrogens is 300 g/mol. The third-order valence-electron chi connectivity index (χ3n) is 3.30. The van der Waals surface area contributed by atoms with Crippen molar-refractivity contribution in [2.75, 3.05) is 5.75 Å². The van der Waals surface area contributed by atoms with Gasteiger partial charge in [0.1, 0.15) is 5.39 Å². The van der Waals surface area contributed by atoms with E-state index in [2.05, 4.69) is 15.1 Å². The fourth-order valence-corrected chi connectivity index (χ4v) is 2.82. The van der Waals surface area contributed by atoms with Crippen LogP contribution >= 0.6 is 11.8 Å². The van der Waals surface area contributed by atoms with Crippen LogP contribution in [0.2, 0.25) is 0 Å². The van der Waals surface area contributed by atoms with Gasteiger partial charge in [0, 0.05) is 0 Å². The molecule has 0 bridgehead atoms. The van der Waals surface area contributed by atoms with Crippen molar-refractivity contribution in [1.29, 1.82) is 0 Å². The Bertz CT molecular complexity index is 828. The largest absolute Gasteiger partial charge is 0.386 e. The molecule has 0 aliphatic heterocycles. The van der Waals surface area contributed by atoms with Crippen LogP contribution in [0.15, 0.2) is 46.5 Å². The number of nitrogens with one attached hydrogen (secondary N) is 1. The average molecular weight is 316 g/mol. The number of H-pyrrole nitrogens is 1. The number of rotatable bonds is 5. The van der Waals surface area contributed by atoms with Crippen LogP contribution in [-0.4, -0.2) is 30.6 Å². The number of hydrogen-bond donors (Lipinski definition) is 2. The summed E-state index contributed by atoms with van der Waals surface area (Å²) in [5, 5.41) is 15.5. The number of aliphatic hydroxyl groups is 1. The summed E-state index contributed by atoms with van der Waals surface area (Å²) in [5.74, 6) is 0.815. The van der Waals surface area contributed by atoms with Crippen molar-refractivity contribution < 1.29 is 5.11 Å². The van der Waals surface area contributed by atoms with Crippen LogP contribution in [0.5, 0.6) is 0 Å². The molecule has 0 amide bonds. The molecule has 0 aliphatic rings. The molecule has 2 heterocycles. The van der Waals surface area contributed by atoms with E-state index < -0.39 is 6.10 Å². The zero-order chi connectivity index (χ0) is 15.5. The van der Waals surface area contributed by atoms with Gasteiger partial charge in [-0.2, -0.15) is 5.10 Å². The highest BCUT2D eigenvalue weighted by Gasteiger charge is 2.14. The van der Waals surface area contributed by atoms with Gasteiger partial charge < -0.3 is 10.1 Å². The number of thioether (sulfide) groups is 1. The molecule has 3 rings (SSSR count). The number of benzene rings is 1. The van der Waals surface area contributed by atoms with Crippen LogP contribution in [0.4, 0.5) is 0 Å². The van der Waals surface area contributed by atoms with Crippen LogP contribution in [0, 0.1) is 0 Å². The van der Waals surface area contributed by atoms with Crippen molar-refractivity contribution in [3.8, 4) is 0 Å². The quantitative estimate of drug-likeness (QED) is 0.555. The Balaban J connectivity index is 1.95. The maximum atomic E-state index is 12.0. The molecule has 0 radical (unpaired) electrons. The molecule has 114 valence electrons. The first-order valence-corrected chi connectivity index (χ1v) is 7.99. The highest BCUT2D eigenvalue weighted by atomic mass is 32.2. The van der Waals surface area contributed by atoms with Crippen LogP contribution in [0.3, 0.4) is 0 Å². The Morgan fingerprint density at radius 3 is 2.86 bits per heavy atom. The minimum absolute atomic E-state index is 0.207. The van der Waals surface area contributed by atoms with Gasteiger partial charge >= 0.3 is 0 Å². The van der Waals surface area contributed by atoms with E-state index in [-0.39, 0.29) is 12.1 Å². The van der Waals surface area contributed by atoms with E-state index in [4.69, 9.17) is 0 Å². The summed E-state index contributed by atoms with van der Waals surface area (Å²) in [5.41, 5.74) is 1.09. The third-order valence-corrected chi connectivity index (χ3v) is 4.05. The normalized spacial score (nSPS) is 12.6. The van der Waals surface area contributed by atoms with E-state index in [0.29, 0.717) is 16.2 Å². The molecule has 0 fully saturated rings. The number of aromatic nitrogens is 4.